The topological polar surface area (TPSA) is 89.9 Å². The van der Waals surface area contributed by atoms with Crippen LogP contribution >= 0.6 is 46.1 Å². The van der Waals surface area contributed by atoms with Crippen LogP contribution in [-0.2, 0) is 15.0 Å². The molecule has 4 rings (SSSR count). The normalized spacial score (nSPS) is 19.4. The average molecular weight is 527 g/mol. The number of hydrogen-bond acceptors (Lipinski definition) is 8. The highest BCUT2D eigenvalue weighted by Crippen LogP contribution is 2.36. The molecular weight excluding hydrogens is 505 g/mol. The van der Waals surface area contributed by atoms with Crippen LogP contribution in [0.1, 0.15) is 47.5 Å². The average Bonchev–Trinajstić information content (AvgIpc) is 3.37. The van der Waals surface area contributed by atoms with Gasteiger partial charge in [-0.05, 0) is 32.0 Å². The monoisotopic (exact) mass is 525 g/mol. The van der Waals surface area contributed by atoms with E-state index in [9.17, 15) is 8.42 Å². The number of hydrogen-bond donors (Lipinski definition) is 1. The third-order valence-corrected chi connectivity index (χ3v) is 6.17. The summed E-state index contributed by atoms with van der Waals surface area (Å²) < 4.78 is 27.3. The second kappa shape index (κ2) is 11.2. The molecule has 2 aromatic rings. The van der Waals surface area contributed by atoms with Crippen molar-refractivity contribution in [3.63, 3.8) is 0 Å². The van der Waals surface area contributed by atoms with Gasteiger partial charge in [-0.15, -0.1) is 11.3 Å². The highest BCUT2D eigenvalue weighted by molar-refractivity contribution is 7.86. The molecule has 0 saturated carbocycles. The smallest absolute Gasteiger partial charge is 0.306 e. The number of nitrogens with one attached hydrogen (secondary N) is 1. The van der Waals surface area contributed by atoms with Crippen molar-refractivity contribution < 1.29 is 17.4 Å². The summed E-state index contributed by atoms with van der Waals surface area (Å²) in [7, 11) is -3.61. The minimum Gasteiger partial charge on any atom is -0.387 e. The fourth-order valence-corrected chi connectivity index (χ4v) is 4.84. The lowest BCUT2D eigenvalue weighted by Gasteiger charge is -2.20. The molecule has 3 heterocycles. The Kier molecular flexibility index (Phi) is 8.83. The van der Waals surface area contributed by atoms with Gasteiger partial charge in [0.05, 0.1) is 17.0 Å². The Morgan fingerprint density at radius 3 is 2.58 bits per heavy atom. The first-order chi connectivity index (χ1) is 14.7. The molecule has 0 bridgehead atoms. The van der Waals surface area contributed by atoms with Crippen LogP contribution in [0, 0.1) is 0 Å². The van der Waals surface area contributed by atoms with Gasteiger partial charge in [-0.25, -0.2) is 4.98 Å². The van der Waals surface area contributed by atoms with Crippen molar-refractivity contribution in [2.75, 3.05) is 19.3 Å². The zero-order valence-electron chi connectivity index (χ0n) is 16.6. The van der Waals surface area contributed by atoms with Crippen molar-refractivity contribution in [2.45, 2.75) is 35.6 Å². The van der Waals surface area contributed by atoms with Crippen LogP contribution in [0.2, 0.25) is 0 Å². The van der Waals surface area contributed by atoms with Crippen molar-refractivity contribution in [1.82, 2.24) is 10.3 Å². The number of thiazole rings is 1. The summed E-state index contributed by atoms with van der Waals surface area (Å²) >= 11 is 16.1. The first-order valence-electron chi connectivity index (χ1n) is 9.52. The lowest BCUT2D eigenvalue weighted by molar-refractivity contribution is 0.0845. The van der Waals surface area contributed by atoms with Crippen molar-refractivity contribution >= 4 is 62.0 Å². The summed E-state index contributed by atoms with van der Waals surface area (Å²) in [6, 6.07) is 6.97. The molecule has 7 nitrogen and oxygen atoms in total. The zero-order chi connectivity index (χ0) is 22.4. The van der Waals surface area contributed by atoms with Crippen molar-refractivity contribution in [1.29, 1.82) is 0 Å². The molecule has 0 radical (unpaired) electrons. The number of halogens is 3. The van der Waals surface area contributed by atoms with Gasteiger partial charge in [0, 0.05) is 23.3 Å². The lowest BCUT2D eigenvalue weighted by atomic mass is 9.99. The molecule has 1 aromatic carbocycles. The molecule has 2 aliphatic rings. The van der Waals surface area contributed by atoms with E-state index in [1.807, 2.05) is 11.4 Å². The van der Waals surface area contributed by atoms with Gasteiger partial charge >= 0.3 is 10.1 Å². The SMILES string of the molecule is CS(=O)(=O)Oc1ccccc1C1CC(c2csc(C3CCNCC3)n2)=NO1.ClC(Cl)Cl. The van der Waals surface area contributed by atoms with E-state index in [4.69, 9.17) is 48.8 Å². The van der Waals surface area contributed by atoms with Gasteiger partial charge in [0.2, 0.25) is 0 Å². The predicted octanol–water partition coefficient (Wildman–Crippen LogP) is 4.80. The van der Waals surface area contributed by atoms with E-state index in [2.05, 4.69) is 10.5 Å². The standard InChI is InChI=1S/C18H21N3O4S2.CHCl3/c1-27(22,23)25-16-5-3-2-4-13(16)17-10-14(21-24-17)15-11-26-18(20-15)12-6-8-19-9-7-12;2-1(3)4/h2-5,11-12,17,19H,6-10H2,1H3;1H. The number of benzene rings is 1. The maximum atomic E-state index is 11.5. The van der Waals surface area contributed by atoms with Crippen LogP contribution in [0.5, 0.6) is 5.75 Å². The quantitative estimate of drug-likeness (QED) is 0.445. The number of oxime groups is 1. The van der Waals surface area contributed by atoms with Gasteiger partial charge in [0.25, 0.3) is 0 Å². The third kappa shape index (κ3) is 7.47. The summed E-state index contributed by atoms with van der Waals surface area (Å²) in [6.07, 6.45) is 3.38. The van der Waals surface area contributed by atoms with Gasteiger partial charge in [0.1, 0.15) is 11.5 Å². The molecule has 0 spiro atoms. The molecule has 2 aliphatic heterocycles. The summed E-state index contributed by atoms with van der Waals surface area (Å²) in [5, 5.41) is 10.8. The van der Waals surface area contributed by atoms with Crippen molar-refractivity contribution in [3.8, 4) is 5.75 Å². The van der Waals surface area contributed by atoms with E-state index < -0.39 is 14.4 Å². The number of piperidine rings is 1. The Hall–Kier alpha value is -1.10. The van der Waals surface area contributed by atoms with Crippen LogP contribution in [0.3, 0.4) is 0 Å². The lowest BCUT2D eigenvalue weighted by Crippen LogP contribution is -2.26. The Balaban J connectivity index is 0.000000628. The van der Waals surface area contributed by atoms with Crippen LogP contribution in [0.25, 0.3) is 0 Å². The number of rotatable bonds is 5. The highest BCUT2D eigenvalue weighted by Gasteiger charge is 2.29. The Morgan fingerprint density at radius 1 is 1.23 bits per heavy atom. The molecule has 31 heavy (non-hydrogen) atoms. The van der Waals surface area contributed by atoms with Crippen LogP contribution in [0.15, 0.2) is 34.8 Å². The fourth-order valence-electron chi connectivity index (χ4n) is 3.36. The number of nitrogens with zero attached hydrogens (tertiary/aromatic N) is 2. The molecule has 0 aliphatic carbocycles. The zero-order valence-corrected chi connectivity index (χ0v) is 20.5. The summed E-state index contributed by atoms with van der Waals surface area (Å²) in [4.78, 5) is 10.4. The van der Waals surface area contributed by atoms with E-state index in [0.717, 1.165) is 48.6 Å². The van der Waals surface area contributed by atoms with E-state index in [1.165, 1.54) is 0 Å². The Morgan fingerprint density at radius 2 is 1.90 bits per heavy atom. The first kappa shape index (κ1) is 24.5. The summed E-state index contributed by atoms with van der Waals surface area (Å²) in [5.74, 6) is 0.780. The van der Waals surface area contributed by atoms with Crippen LogP contribution < -0.4 is 9.50 Å². The minimum atomic E-state index is -3.61. The number of para-hydroxylation sites is 1. The molecule has 1 unspecified atom stereocenters. The molecule has 12 heteroatoms. The molecule has 1 N–H and O–H groups in total. The van der Waals surface area contributed by atoms with E-state index >= 15 is 0 Å². The molecule has 1 atom stereocenters. The fraction of sp³-hybridized carbons (Fsp3) is 0.474. The Labute approximate surface area is 200 Å². The second-order valence-corrected chi connectivity index (χ2v) is 11.4. The van der Waals surface area contributed by atoms with Crippen molar-refractivity contribution in [2.24, 2.45) is 5.16 Å². The van der Waals surface area contributed by atoms with E-state index in [0.29, 0.717) is 17.9 Å². The van der Waals surface area contributed by atoms with Crippen molar-refractivity contribution in [3.05, 3.63) is 45.9 Å². The van der Waals surface area contributed by atoms with Gasteiger partial charge in [-0.1, -0.05) is 58.2 Å². The molecule has 1 aromatic heterocycles. The second-order valence-electron chi connectivity index (χ2n) is 7.00. The van der Waals surface area contributed by atoms with Crippen LogP contribution in [-0.4, -0.2) is 42.8 Å². The van der Waals surface area contributed by atoms with E-state index in [-0.39, 0.29) is 11.9 Å². The Bertz CT molecular complexity index is 1010. The molecule has 170 valence electrons. The number of aromatic nitrogens is 1. The minimum absolute atomic E-state index is 0.273. The van der Waals surface area contributed by atoms with E-state index in [1.54, 1.807) is 29.5 Å². The maximum absolute atomic E-state index is 11.5. The third-order valence-electron chi connectivity index (χ3n) is 4.68. The van der Waals surface area contributed by atoms with Gasteiger partial charge in [-0.2, -0.15) is 8.42 Å². The molecular formula is C19H22Cl3N3O4S2. The highest BCUT2D eigenvalue weighted by atomic mass is 35.6. The molecule has 1 fully saturated rings. The summed E-state index contributed by atoms with van der Waals surface area (Å²) in [5.41, 5.74) is 2.29. The van der Waals surface area contributed by atoms with Gasteiger partial charge in [-0.3, -0.25) is 0 Å². The van der Waals surface area contributed by atoms with Gasteiger partial charge in [0.15, 0.2) is 10.4 Å². The molecule has 1 saturated heterocycles. The summed E-state index contributed by atoms with van der Waals surface area (Å²) in [6.45, 7) is 2.06. The first-order valence-corrected chi connectivity index (χ1v) is 13.5. The maximum Gasteiger partial charge on any atom is 0.306 e. The predicted molar refractivity (Wildman–Crippen MR) is 125 cm³/mol. The van der Waals surface area contributed by atoms with Gasteiger partial charge < -0.3 is 14.3 Å². The number of alkyl halides is 3. The van der Waals surface area contributed by atoms with Crippen LogP contribution in [0.4, 0.5) is 0 Å². The molecule has 0 amide bonds. The largest absolute Gasteiger partial charge is 0.387 e.